The Morgan fingerprint density at radius 1 is 1.43 bits per heavy atom. The van der Waals surface area contributed by atoms with Crippen LogP contribution in [0.25, 0.3) is 0 Å². The molecule has 11 heteroatoms. The lowest BCUT2D eigenvalue weighted by atomic mass is 10.3. The molecule has 1 aromatic heterocycles. The number of nitrogens with one attached hydrogen (secondary N) is 2. The van der Waals surface area contributed by atoms with Gasteiger partial charge >= 0.3 is 6.18 Å². The molecule has 1 atom stereocenters. The molecule has 0 bridgehead atoms. The summed E-state index contributed by atoms with van der Waals surface area (Å²) in [5, 5.41) is 6.37. The first-order valence-corrected chi connectivity index (χ1v) is 8.86. The lowest BCUT2D eigenvalue weighted by molar-refractivity contribution is -0.143. The third kappa shape index (κ3) is 8.33. The summed E-state index contributed by atoms with van der Waals surface area (Å²) in [6, 6.07) is 3.03. The average Bonchev–Trinajstić information content (AvgIpc) is 3.04. The molecule has 2 heterocycles. The largest absolute Gasteiger partial charge is 0.401 e. The SMILES string of the molecule is CN=C(NCCCN(C)CC(F)(F)F)NC1CCN(c2ncccc2F)C1.I. The summed E-state index contributed by atoms with van der Waals surface area (Å²) in [7, 11) is 3.08. The van der Waals surface area contributed by atoms with Gasteiger partial charge in [-0.3, -0.25) is 9.89 Å². The molecule has 0 aromatic carbocycles. The number of rotatable bonds is 7. The number of hydrogen-bond acceptors (Lipinski definition) is 4. The van der Waals surface area contributed by atoms with Crippen LogP contribution in [0.5, 0.6) is 0 Å². The topological polar surface area (TPSA) is 55.8 Å². The first kappa shape index (κ1) is 24.7. The van der Waals surface area contributed by atoms with E-state index in [0.717, 1.165) is 6.42 Å². The number of pyridine rings is 1. The summed E-state index contributed by atoms with van der Waals surface area (Å²) in [5.41, 5.74) is 0. The minimum atomic E-state index is -4.18. The van der Waals surface area contributed by atoms with Crippen LogP contribution in [0.4, 0.5) is 23.4 Å². The minimum absolute atomic E-state index is 0. The molecule has 1 aromatic rings. The van der Waals surface area contributed by atoms with Gasteiger partial charge in [0.25, 0.3) is 0 Å². The predicted molar refractivity (Wildman–Crippen MR) is 113 cm³/mol. The van der Waals surface area contributed by atoms with Gasteiger partial charge in [-0.15, -0.1) is 24.0 Å². The summed E-state index contributed by atoms with van der Waals surface area (Å²) in [4.78, 5) is 11.4. The smallest absolute Gasteiger partial charge is 0.356 e. The second-order valence-electron chi connectivity index (χ2n) is 6.59. The van der Waals surface area contributed by atoms with Gasteiger partial charge in [-0.05, 0) is 38.6 Å². The van der Waals surface area contributed by atoms with Crippen molar-refractivity contribution in [2.24, 2.45) is 4.99 Å². The van der Waals surface area contributed by atoms with E-state index in [0.29, 0.717) is 44.4 Å². The van der Waals surface area contributed by atoms with E-state index in [4.69, 9.17) is 0 Å². The van der Waals surface area contributed by atoms with Crippen LogP contribution in [-0.4, -0.2) is 74.9 Å². The highest BCUT2D eigenvalue weighted by Gasteiger charge is 2.29. The molecular weight excluding hydrogens is 491 g/mol. The number of guanidine groups is 1. The van der Waals surface area contributed by atoms with E-state index in [1.54, 1.807) is 19.3 Å². The Morgan fingerprint density at radius 2 is 2.18 bits per heavy atom. The van der Waals surface area contributed by atoms with Crippen LogP contribution >= 0.6 is 24.0 Å². The molecule has 0 spiro atoms. The third-order valence-corrected chi connectivity index (χ3v) is 4.25. The van der Waals surface area contributed by atoms with Crippen molar-refractivity contribution < 1.29 is 17.6 Å². The van der Waals surface area contributed by atoms with Crippen molar-refractivity contribution in [3.63, 3.8) is 0 Å². The summed E-state index contributed by atoms with van der Waals surface area (Å²) in [6.45, 7) is 1.21. The van der Waals surface area contributed by atoms with E-state index in [9.17, 15) is 17.6 Å². The van der Waals surface area contributed by atoms with Gasteiger partial charge in [0.2, 0.25) is 0 Å². The molecule has 1 fully saturated rings. The number of nitrogens with zero attached hydrogens (tertiary/aromatic N) is 4. The number of hydrogen-bond donors (Lipinski definition) is 2. The molecule has 1 unspecified atom stereocenters. The Bertz CT molecular complexity index is 628. The molecule has 2 N–H and O–H groups in total. The first-order chi connectivity index (χ1) is 12.8. The highest BCUT2D eigenvalue weighted by atomic mass is 127. The lowest BCUT2D eigenvalue weighted by Crippen LogP contribution is -2.45. The zero-order chi connectivity index (χ0) is 19.9. The average molecular weight is 518 g/mol. The Morgan fingerprint density at radius 3 is 2.82 bits per heavy atom. The van der Waals surface area contributed by atoms with Crippen LogP contribution in [0, 0.1) is 5.82 Å². The van der Waals surface area contributed by atoms with Crippen LogP contribution in [0.3, 0.4) is 0 Å². The number of halogens is 5. The number of alkyl halides is 3. The van der Waals surface area contributed by atoms with Crippen molar-refractivity contribution in [3.05, 3.63) is 24.1 Å². The molecule has 1 aliphatic heterocycles. The van der Waals surface area contributed by atoms with E-state index >= 15 is 0 Å². The van der Waals surface area contributed by atoms with Gasteiger partial charge in [-0.25, -0.2) is 9.37 Å². The molecule has 0 aliphatic carbocycles. The van der Waals surface area contributed by atoms with Gasteiger partial charge in [0.15, 0.2) is 17.6 Å². The van der Waals surface area contributed by atoms with Crippen LogP contribution in [-0.2, 0) is 0 Å². The summed E-state index contributed by atoms with van der Waals surface area (Å²) < 4.78 is 50.7. The molecule has 0 radical (unpaired) electrons. The molecule has 1 aliphatic rings. The zero-order valence-corrected chi connectivity index (χ0v) is 18.3. The molecule has 160 valence electrons. The fraction of sp³-hybridized carbons (Fsp3) is 0.647. The van der Waals surface area contributed by atoms with E-state index in [2.05, 4.69) is 20.6 Å². The Hall–Kier alpha value is -1.37. The zero-order valence-electron chi connectivity index (χ0n) is 16.0. The molecule has 6 nitrogen and oxygen atoms in total. The van der Waals surface area contributed by atoms with E-state index in [-0.39, 0.29) is 35.8 Å². The molecular formula is C17H27F4IN6. The second kappa shape index (κ2) is 11.6. The van der Waals surface area contributed by atoms with Gasteiger partial charge in [0, 0.05) is 38.9 Å². The van der Waals surface area contributed by atoms with Gasteiger partial charge in [-0.1, -0.05) is 0 Å². The molecule has 28 heavy (non-hydrogen) atoms. The fourth-order valence-corrected chi connectivity index (χ4v) is 3.01. The van der Waals surface area contributed by atoms with Gasteiger partial charge in [0.05, 0.1) is 6.54 Å². The van der Waals surface area contributed by atoms with Crippen LogP contribution in [0.15, 0.2) is 23.3 Å². The second-order valence-corrected chi connectivity index (χ2v) is 6.59. The number of aromatic nitrogens is 1. The van der Waals surface area contributed by atoms with E-state index in [1.165, 1.54) is 18.0 Å². The highest BCUT2D eigenvalue weighted by Crippen LogP contribution is 2.20. The standard InChI is InChI=1S/C17H26F4N6.HI/c1-22-16(24-8-4-9-26(2)12-17(19,20)21)25-13-6-10-27(11-13)15-14(18)5-3-7-23-15;/h3,5,7,13H,4,6,8-12H2,1-2H3,(H2,22,24,25);1H. The fourth-order valence-electron chi connectivity index (χ4n) is 3.01. The van der Waals surface area contributed by atoms with E-state index in [1.807, 2.05) is 4.90 Å². The molecule has 0 amide bonds. The molecule has 2 rings (SSSR count). The number of aliphatic imine (C=N–C) groups is 1. The highest BCUT2D eigenvalue weighted by molar-refractivity contribution is 14.0. The van der Waals surface area contributed by atoms with Gasteiger partial charge in [0.1, 0.15) is 0 Å². The van der Waals surface area contributed by atoms with Crippen LogP contribution in [0.2, 0.25) is 0 Å². The quantitative estimate of drug-likeness (QED) is 0.191. The predicted octanol–water partition coefficient (Wildman–Crippen LogP) is 2.47. The van der Waals surface area contributed by atoms with Crippen molar-refractivity contribution in [1.82, 2.24) is 20.5 Å². The first-order valence-electron chi connectivity index (χ1n) is 8.86. The molecule has 1 saturated heterocycles. The van der Waals surface area contributed by atoms with Crippen molar-refractivity contribution >= 4 is 35.8 Å². The normalized spacial score (nSPS) is 17.6. The maximum atomic E-state index is 13.8. The van der Waals surface area contributed by atoms with Crippen LogP contribution < -0.4 is 15.5 Å². The molecule has 0 saturated carbocycles. The number of anilines is 1. The lowest BCUT2D eigenvalue weighted by Gasteiger charge is -2.21. The Balaban J connectivity index is 0.00000392. The Labute approximate surface area is 179 Å². The summed E-state index contributed by atoms with van der Waals surface area (Å²) >= 11 is 0. The minimum Gasteiger partial charge on any atom is -0.356 e. The van der Waals surface area contributed by atoms with Crippen LogP contribution in [0.1, 0.15) is 12.8 Å². The van der Waals surface area contributed by atoms with Gasteiger partial charge in [-0.2, -0.15) is 13.2 Å². The van der Waals surface area contributed by atoms with E-state index < -0.39 is 12.7 Å². The monoisotopic (exact) mass is 518 g/mol. The van der Waals surface area contributed by atoms with Crippen molar-refractivity contribution in [2.45, 2.75) is 25.1 Å². The van der Waals surface area contributed by atoms with Gasteiger partial charge < -0.3 is 15.5 Å². The summed E-state index contributed by atoms with van der Waals surface area (Å²) in [6.07, 6.45) is -1.25. The van der Waals surface area contributed by atoms with Crippen molar-refractivity contribution in [3.8, 4) is 0 Å². The Kier molecular flexibility index (Phi) is 10.2. The third-order valence-electron chi connectivity index (χ3n) is 4.25. The van der Waals surface area contributed by atoms with Crippen molar-refractivity contribution in [1.29, 1.82) is 0 Å². The van der Waals surface area contributed by atoms with Crippen molar-refractivity contribution in [2.75, 3.05) is 51.7 Å². The summed E-state index contributed by atoms with van der Waals surface area (Å²) in [5.74, 6) is 0.586. The maximum absolute atomic E-state index is 13.8. The maximum Gasteiger partial charge on any atom is 0.401 e.